The molecule has 2 aromatic carbocycles. The fraction of sp³-hybridized carbons (Fsp3) is 0.435. The molecular weight excluding hydrogens is 352 g/mol. The minimum Gasteiger partial charge on any atom is -0.351 e. The average molecular weight is 384 g/mol. The van der Waals surface area contributed by atoms with Gasteiger partial charge in [0.05, 0.1) is 6.54 Å². The molecule has 1 unspecified atom stereocenters. The summed E-state index contributed by atoms with van der Waals surface area (Å²) in [6.07, 6.45) is 1.15. The quantitative estimate of drug-likeness (QED) is 0.752. The van der Waals surface area contributed by atoms with Gasteiger partial charge in [0, 0.05) is 40.2 Å². The second-order valence-electron chi connectivity index (χ2n) is 8.29. The van der Waals surface area contributed by atoms with Crippen LogP contribution in [0.1, 0.15) is 47.8 Å². The maximum absolute atomic E-state index is 12.3. The van der Waals surface area contributed by atoms with Gasteiger partial charge in [-0.1, -0.05) is 57.2 Å². The number of amides is 1. The molecular formula is C23H31N2OS+. The van der Waals surface area contributed by atoms with Crippen molar-refractivity contribution in [2.24, 2.45) is 0 Å². The third-order valence-electron chi connectivity index (χ3n) is 4.90. The number of quaternary nitrogens is 1. The van der Waals surface area contributed by atoms with E-state index in [4.69, 9.17) is 0 Å². The Morgan fingerprint density at radius 1 is 1.07 bits per heavy atom. The van der Waals surface area contributed by atoms with Gasteiger partial charge in [-0.25, -0.2) is 0 Å². The largest absolute Gasteiger partial charge is 0.351 e. The predicted octanol–water partition coefficient (Wildman–Crippen LogP) is 3.09. The van der Waals surface area contributed by atoms with Gasteiger partial charge in [-0.2, -0.15) is 11.8 Å². The molecule has 2 aromatic rings. The van der Waals surface area contributed by atoms with Crippen LogP contribution in [0.15, 0.2) is 48.5 Å². The van der Waals surface area contributed by atoms with Crippen LogP contribution in [0, 0.1) is 0 Å². The minimum atomic E-state index is 0.0234. The smallest absolute Gasteiger partial charge is 0.251 e. The summed E-state index contributed by atoms with van der Waals surface area (Å²) >= 11 is 1.87. The van der Waals surface area contributed by atoms with E-state index in [0.717, 1.165) is 30.8 Å². The highest BCUT2D eigenvalue weighted by molar-refractivity contribution is 8.00. The monoisotopic (exact) mass is 383 g/mol. The molecule has 0 radical (unpaired) electrons. The van der Waals surface area contributed by atoms with E-state index in [-0.39, 0.29) is 10.7 Å². The lowest BCUT2D eigenvalue weighted by atomic mass is 9.99. The number of nitrogens with one attached hydrogen (secondary N) is 2. The molecule has 27 heavy (non-hydrogen) atoms. The van der Waals surface area contributed by atoms with Crippen LogP contribution in [0.5, 0.6) is 0 Å². The lowest BCUT2D eigenvalue weighted by Crippen LogP contribution is -3.10. The number of hydrogen-bond acceptors (Lipinski definition) is 2. The van der Waals surface area contributed by atoms with Crippen molar-refractivity contribution in [1.29, 1.82) is 0 Å². The minimum absolute atomic E-state index is 0.0234. The van der Waals surface area contributed by atoms with Crippen molar-refractivity contribution in [3.63, 3.8) is 0 Å². The van der Waals surface area contributed by atoms with E-state index in [0.29, 0.717) is 6.54 Å². The standard InChI is InChI=1S/C23H30N2OS/c1-23(2,3)27-15-13-24-22(26)20-10-8-18(9-11-20)16-25-14-12-19-6-4-5-7-21(19)17-25/h4-11H,12-17H2,1-3H3,(H,24,26)/p+1. The molecule has 0 fully saturated rings. The van der Waals surface area contributed by atoms with E-state index in [1.54, 1.807) is 4.90 Å². The summed E-state index contributed by atoms with van der Waals surface area (Å²) in [6.45, 7) is 10.6. The number of fused-ring (bicyclic) bond motifs is 1. The summed E-state index contributed by atoms with van der Waals surface area (Å²) in [6, 6.07) is 16.9. The molecule has 144 valence electrons. The number of carbonyl (C=O) groups is 1. The summed E-state index contributed by atoms with van der Waals surface area (Å²) in [5.74, 6) is 0.961. The Bertz CT molecular complexity index is 765. The molecule has 1 aliphatic heterocycles. The van der Waals surface area contributed by atoms with Gasteiger partial charge in [0.15, 0.2) is 0 Å². The Balaban J connectivity index is 1.48. The third kappa shape index (κ3) is 6.12. The van der Waals surface area contributed by atoms with Crippen LogP contribution in [0.2, 0.25) is 0 Å². The molecule has 1 amide bonds. The highest BCUT2D eigenvalue weighted by Gasteiger charge is 2.19. The molecule has 3 nitrogen and oxygen atoms in total. The molecule has 1 atom stereocenters. The van der Waals surface area contributed by atoms with Gasteiger partial charge < -0.3 is 10.2 Å². The van der Waals surface area contributed by atoms with E-state index >= 15 is 0 Å². The van der Waals surface area contributed by atoms with Crippen molar-refractivity contribution < 1.29 is 9.69 Å². The van der Waals surface area contributed by atoms with Gasteiger partial charge >= 0.3 is 0 Å². The Labute approximate surface area is 167 Å². The molecule has 1 heterocycles. The summed E-state index contributed by atoms with van der Waals surface area (Å²) in [5.41, 5.74) is 5.02. The Morgan fingerprint density at radius 2 is 1.78 bits per heavy atom. The van der Waals surface area contributed by atoms with Gasteiger partial charge in [0.2, 0.25) is 0 Å². The van der Waals surface area contributed by atoms with Crippen LogP contribution >= 0.6 is 11.8 Å². The summed E-state index contributed by atoms with van der Waals surface area (Å²) in [4.78, 5) is 13.9. The van der Waals surface area contributed by atoms with Crippen molar-refractivity contribution in [3.05, 3.63) is 70.8 Å². The van der Waals surface area contributed by atoms with Crippen LogP contribution in [-0.2, 0) is 19.5 Å². The third-order valence-corrected chi connectivity index (χ3v) is 6.17. The summed E-state index contributed by atoms with van der Waals surface area (Å²) < 4.78 is 0.240. The first-order valence-electron chi connectivity index (χ1n) is 9.82. The van der Waals surface area contributed by atoms with E-state index in [2.05, 4.69) is 62.5 Å². The Hall–Kier alpha value is -1.78. The number of hydrogen-bond donors (Lipinski definition) is 2. The maximum atomic E-state index is 12.3. The number of thioether (sulfide) groups is 1. The molecule has 2 N–H and O–H groups in total. The van der Waals surface area contributed by atoms with Crippen LogP contribution in [0.4, 0.5) is 0 Å². The number of rotatable bonds is 6. The Morgan fingerprint density at radius 3 is 2.48 bits per heavy atom. The van der Waals surface area contributed by atoms with Gasteiger partial charge in [-0.05, 0) is 17.7 Å². The molecule has 0 spiro atoms. The average Bonchev–Trinajstić information content (AvgIpc) is 2.65. The molecule has 0 aromatic heterocycles. The predicted molar refractivity (Wildman–Crippen MR) is 114 cm³/mol. The van der Waals surface area contributed by atoms with Crippen molar-refractivity contribution in [1.82, 2.24) is 5.32 Å². The van der Waals surface area contributed by atoms with Crippen LogP contribution < -0.4 is 10.2 Å². The summed E-state index contributed by atoms with van der Waals surface area (Å²) in [5, 5.41) is 3.02. The molecule has 0 aliphatic carbocycles. The SMILES string of the molecule is CC(C)(C)SCCNC(=O)c1ccc(C[NH+]2CCc3ccccc3C2)cc1. The van der Waals surface area contributed by atoms with Crippen molar-refractivity contribution >= 4 is 17.7 Å². The molecule has 1 aliphatic rings. The van der Waals surface area contributed by atoms with Gasteiger partial charge in [0.25, 0.3) is 5.91 Å². The first kappa shape index (κ1) is 20.0. The topological polar surface area (TPSA) is 33.5 Å². The van der Waals surface area contributed by atoms with E-state index in [1.807, 2.05) is 23.9 Å². The van der Waals surface area contributed by atoms with Crippen molar-refractivity contribution in [3.8, 4) is 0 Å². The lowest BCUT2D eigenvalue weighted by Gasteiger charge is -2.26. The van der Waals surface area contributed by atoms with Gasteiger partial charge in [-0.15, -0.1) is 0 Å². The van der Waals surface area contributed by atoms with Gasteiger partial charge in [0.1, 0.15) is 13.1 Å². The second-order valence-corrected chi connectivity index (χ2v) is 10.2. The maximum Gasteiger partial charge on any atom is 0.251 e. The van der Waals surface area contributed by atoms with Gasteiger partial charge in [-0.3, -0.25) is 4.79 Å². The normalized spacial score (nSPS) is 16.6. The van der Waals surface area contributed by atoms with Crippen molar-refractivity contribution in [2.75, 3.05) is 18.8 Å². The van der Waals surface area contributed by atoms with Crippen LogP contribution in [0.3, 0.4) is 0 Å². The lowest BCUT2D eigenvalue weighted by molar-refractivity contribution is -0.929. The first-order valence-corrected chi connectivity index (χ1v) is 10.8. The zero-order valence-corrected chi connectivity index (χ0v) is 17.5. The number of benzene rings is 2. The molecule has 3 rings (SSSR count). The summed E-state index contributed by atoms with van der Waals surface area (Å²) in [7, 11) is 0. The number of carbonyl (C=O) groups excluding carboxylic acids is 1. The fourth-order valence-corrected chi connectivity index (χ4v) is 4.30. The first-order chi connectivity index (χ1) is 12.9. The highest BCUT2D eigenvalue weighted by Crippen LogP contribution is 2.22. The molecule has 4 heteroatoms. The van der Waals surface area contributed by atoms with Crippen molar-refractivity contribution in [2.45, 2.75) is 45.0 Å². The molecule has 0 saturated carbocycles. The second kappa shape index (κ2) is 8.94. The van der Waals surface area contributed by atoms with Crippen LogP contribution in [-0.4, -0.2) is 29.5 Å². The van der Waals surface area contributed by atoms with E-state index in [1.165, 1.54) is 23.2 Å². The fourth-order valence-electron chi connectivity index (χ4n) is 3.48. The van der Waals surface area contributed by atoms with E-state index < -0.39 is 0 Å². The zero-order chi connectivity index (χ0) is 19.3. The molecule has 0 bridgehead atoms. The highest BCUT2D eigenvalue weighted by atomic mass is 32.2. The van der Waals surface area contributed by atoms with E-state index in [9.17, 15) is 4.79 Å². The molecule has 0 saturated heterocycles. The van der Waals surface area contributed by atoms with Crippen LogP contribution in [0.25, 0.3) is 0 Å². The Kier molecular flexibility index (Phi) is 6.61. The zero-order valence-electron chi connectivity index (χ0n) is 16.7.